The summed E-state index contributed by atoms with van der Waals surface area (Å²) in [7, 11) is 1.30. The average Bonchev–Trinajstić information content (AvgIpc) is 3.04. The number of rotatable bonds is 20. The van der Waals surface area contributed by atoms with Gasteiger partial charge in [-0.15, -0.1) is 0 Å². The quantitative estimate of drug-likeness (QED) is 0.0938. The number of nitrogens with one attached hydrogen (secondary N) is 2. The van der Waals surface area contributed by atoms with Crippen molar-refractivity contribution in [1.82, 2.24) is 10.6 Å². The molecule has 10 nitrogen and oxygen atoms in total. The minimum Gasteiger partial charge on any atom is -0.479 e. The van der Waals surface area contributed by atoms with Gasteiger partial charge in [0.25, 0.3) is 18.2 Å². The number of methoxy groups -OCH3 is 1. The maximum atomic E-state index is 15.6. The third-order valence-electron chi connectivity index (χ3n) is 7.42. The van der Waals surface area contributed by atoms with Gasteiger partial charge in [0, 0.05) is 18.2 Å². The summed E-state index contributed by atoms with van der Waals surface area (Å²) in [6.45, 7) is 2.59. The SMILES string of the molecule is COC(C)(C)C(=O)N[C@@H](CCCCN)C(=O)COc1c(F)c(F)cc(-c2cccc(C(=O)N[C@@H](CCCCN)C(=O)C(F)F)c2)c1F. The fourth-order valence-corrected chi connectivity index (χ4v) is 4.39. The molecular formula is C32H41F5N4O6. The van der Waals surface area contributed by atoms with E-state index in [4.69, 9.17) is 20.9 Å². The zero-order valence-corrected chi connectivity index (χ0v) is 26.5. The highest BCUT2D eigenvalue weighted by Crippen LogP contribution is 2.34. The van der Waals surface area contributed by atoms with Gasteiger partial charge >= 0.3 is 0 Å². The Labute approximate surface area is 269 Å². The van der Waals surface area contributed by atoms with E-state index in [1.165, 1.54) is 39.2 Å². The van der Waals surface area contributed by atoms with Gasteiger partial charge in [-0.1, -0.05) is 12.1 Å². The fourth-order valence-electron chi connectivity index (χ4n) is 4.39. The lowest BCUT2D eigenvalue weighted by atomic mass is 10.0. The van der Waals surface area contributed by atoms with Gasteiger partial charge in [-0.05, 0) is 89.2 Å². The van der Waals surface area contributed by atoms with Crippen molar-refractivity contribution in [2.45, 2.75) is 76.5 Å². The molecule has 0 fully saturated rings. The summed E-state index contributed by atoms with van der Waals surface area (Å²) in [5.74, 6) is -9.67. The van der Waals surface area contributed by atoms with Gasteiger partial charge in [-0.2, -0.15) is 4.39 Å². The van der Waals surface area contributed by atoms with Gasteiger partial charge in [-0.3, -0.25) is 19.2 Å². The predicted molar refractivity (Wildman–Crippen MR) is 163 cm³/mol. The second-order valence-corrected chi connectivity index (χ2v) is 11.2. The van der Waals surface area contributed by atoms with Crippen molar-refractivity contribution in [3.05, 3.63) is 53.3 Å². The number of hydrogen-bond acceptors (Lipinski definition) is 8. The highest BCUT2D eigenvalue weighted by Gasteiger charge is 2.32. The Kier molecular flexibility index (Phi) is 15.4. The Hall–Kier alpha value is -3.95. The average molecular weight is 673 g/mol. The zero-order valence-electron chi connectivity index (χ0n) is 26.5. The third kappa shape index (κ3) is 11.1. The molecule has 0 aliphatic heterocycles. The van der Waals surface area contributed by atoms with Crippen LogP contribution in [0.5, 0.6) is 5.75 Å². The van der Waals surface area contributed by atoms with Gasteiger partial charge < -0.3 is 31.6 Å². The number of ether oxygens (including phenoxy) is 2. The number of Topliss-reactive ketones (excluding diaryl/α,β-unsaturated/α-hetero) is 2. The summed E-state index contributed by atoms with van der Waals surface area (Å²) in [4.78, 5) is 50.5. The van der Waals surface area contributed by atoms with Crippen LogP contribution in [-0.4, -0.2) is 74.3 Å². The number of carbonyl (C=O) groups excluding carboxylic acids is 4. The molecule has 2 amide bonds. The van der Waals surface area contributed by atoms with Crippen LogP contribution in [0.4, 0.5) is 22.0 Å². The lowest BCUT2D eigenvalue weighted by molar-refractivity contribution is -0.142. The molecule has 2 atom stereocenters. The van der Waals surface area contributed by atoms with Crippen LogP contribution < -0.4 is 26.8 Å². The van der Waals surface area contributed by atoms with Crippen molar-refractivity contribution in [2.75, 3.05) is 26.8 Å². The van der Waals surface area contributed by atoms with Crippen molar-refractivity contribution in [3.8, 4) is 16.9 Å². The molecule has 2 rings (SSSR count). The fraction of sp³-hybridized carbons (Fsp3) is 0.500. The minimum atomic E-state index is -3.33. The Morgan fingerprint density at radius 3 is 2.06 bits per heavy atom. The van der Waals surface area contributed by atoms with Crippen molar-refractivity contribution >= 4 is 23.4 Å². The highest BCUT2D eigenvalue weighted by atomic mass is 19.3. The van der Waals surface area contributed by atoms with Crippen molar-refractivity contribution in [3.63, 3.8) is 0 Å². The maximum Gasteiger partial charge on any atom is 0.298 e. The molecule has 0 aromatic heterocycles. The Morgan fingerprint density at radius 2 is 1.49 bits per heavy atom. The molecule has 0 aliphatic rings. The summed E-state index contributed by atoms with van der Waals surface area (Å²) in [5.41, 5.74) is 8.78. The molecule has 0 bridgehead atoms. The lowest BCUT2D eigenvalue weighted by Crippen LogP contribution is -2.51. The van der Waals surface area contributed by atoms with Crippen LogP contribution in [0.15, 0.2) is 30.3 Å². The van der Waals surface area contributed by atoms with Crippen molar-refractivity contribution in [1.29, 1.82) is 0 Å². The van der Waals surface area contributed by atoms with Crippen LogP contribution in [0.1, 0.15) is 62.7 Å². The standard InChI is InChI=1S/C32H41F5N4O6/c1-32(2,46-3)31(45)41-22(11-4-6-13-38)24(42)17-47-28-25(34)20(16-21(33)26(28)35)18-9-8-10-19(15-18)30(44)40-23(12-5-7-14-39)27(43)29(36)37/h8-10,15-16,22-23,29H,4-7,11-14,17,38-39H2,1-3H3,(H,40,44)(H,41,45)/t22-,23-/m0/s1. The number of unbranched alkanes of at least 4 members (excludes halogenated alkanes) is 2. The first kappa shape index (κ1) is 39.2. The zero-order chi connectivity index (χ0) is 35.3. The monoisotopic (exact) mass is 672 g/mol. The second-order valence-electron chi connectivity index (χ2n) is 11.2. The first-order chi connectivity index (χ1) is 22.2. The summed E-state index contributed by atoms with van der Waals surface area (Å²) in [6, 6.07) is 2.77. The summed E-state index contributed by atoms with van der Waals surface area (Å²) < 4.78 is 81.6. The summed E-state index contributed by atoms with van der Waals surface area (Å²) >= 11 is 0. The molecule has 47 heavy (non-hydrogen) atoms. The van der Waals surface area contributed by atoms with Gasteiger partial charge in [0.1, 0.15) is 12.2 Å². The Morgan fingerprint density at radius 1 is 0.872 bits per heavy atom. The maximum absolute atomic E-state index is 15.6. The van der Waals surface area contributed by atoms with Crippen LogP contribution >= 0.6 is 0 Å². The molecule has 0 unspecified atom stereocenters. The van der Waals surface area contributed by atoms with Crippen LogP contribution in [0.25, 0.3) is 11.1 Å². The molecule has 260 valence electrons. The van der Waals surface area contributed by atoms with Crippen molar-refractivity contribution in [2.24, 2.45) is 11.5 Å². The Bertz CT molecular complexity index is 1410. The number of carbonyl (C=O) groups is 4. The number of ketones is 2. The lowest BCUT2D eigenvalue weighted by Gasteiger charge is -2.26. The van der Waals surface area contributed by atoms with Crippen LogP contribution in [-0.2, 0) is 19.1 Å². The van der Waals surface area contributed by atoms with E-state index in [9.17, 15) is 36.7 Å². The molecule has 0 saturated heterocycles. The largest absolute Gasteiger partial charge is 0.479 e. The van der Waals surface area contributed by atoms with E-state index in [1.807, 2.05) is 0 Å². The van der Waals surface area contributed by atoms with E-state index >= 15 is 4.39 Å². The molecule has 6 N–H and O–H groups in total. The molecule has 0 spiro atoms. The first-order valence-electron chi connectivity index (χ1n) is 15.0. The molecule has 0 radical (unpaired) electrons. The van der Waals surface area contributed by atoms with E-state index in [0.29, 0.717) is 31.9 Å². The molecule has 0 heterocycles. The molecular weight excluding hydrogens is 631 g/mol. The van der Waals surface area contributed by atoms with E-state index in [2.05, 4.69) is 10.6 Å². The number of amides is 2. The number of alkyl halides is 2. The molecule has 2 aromatic rings. The van der Waals surface area contributed by atoms with Gasteiger partial charge in [0.2, 0.25) is 11.6 Å². The Balaban J connectivity index is 2.34. The third-order valence-corrected chi connectivity index (χ3v) is 7.42. The number of benzene rings is 2. The van der Waals surface area contributed by atoms with E-state index < -0.39 is 82.9 Å². The topological polar surface area (TPSA) is 163 Å². The number of nitrogens with two attached hydrogens (primary N) is 2. The highest BCUT2D eigenvalue weighted by molar-refractivity contribution is 5.99. The van der Waals surface area contributed by atoms with Crippen LogP contribution in [0.2, 0.25) is 0 Å². The summed E-state index contributed by atoms with van der Waals surface area (Å²) in [6.07, 6.45) is -1.61. The normalized spacial score (nSPS) is 12.8. The van der Waals surface area contributed by atoms with E-state index in [1.54, 1.807) is 0 Å². The van der Waals surface area contributed by atoms with E-state index in [0.717, 1.165) is 6.07 Å². The molecule has 2 aromatic carbocycles. The number of halogens is 5. The molecule has 0 aliphatic carbocycles. The first-order valence-corrected chi connectivity index (χ1v) is 15.0. The summed E-state index contributed by atoms with van der Waals surface area (Å²) in [5, 5.41) is 4.78. The van der Waals surface area contributed by atoms with Gasteiger partial charge in [0.05, 0.1) is 12.1 Å². The van der Waals surface area contributed by atoms with Gasteiger partial charge in [-0.25, -0.2) is 17.6 Å². The smallest absolute Gasteiger partial charge is 0.298 e. The minimum absolute atomic E-state index is 0.0925. The molecule has 15 heteroatoms. The predicted octanol–water partition coefficient (Wildman–Crippen LogP) is 3.82. The van der Waals surface area contributed by atoms with E-state index in [-0.39, 0.29) is 36.9 Å². The van der Waals surface area contributed by atoms with Crippen LogP contribution in [0.3, 0.4) is 0 Å². The second kappa shape index (κ2) is 18.4. The molecule has 0 saturated carbocycles. The van der Waals surface area contributed by atoms with Crippen molar-refractivity contribution < 1.29 is 50.6 Å². The van der Waals surface area contributed by atoms with Gasteiger partial charge in [0.15, 0.2) is 23.2 Å². The number of hydrogen-bond donors (Lipinski definition) is 4. The van der Waals surface area contributed by atoms with Crippen LogP contribution in [0, 0.1) is 17.5 Å².